The molecule has 0 radical (unpaired) electrons. The molecule has 0 aromatic heterocycles. The standard InChI is InChI=1S/C25H26O7S/c1-33(26,27)32-18-21-6-12-24(13-7-21)31-17-20-4-10-23(11-5-20)30-16-19-2-8-22(9-3-19)25-28-14-15-29-25/h2-13,25H,14-18H2,1H3. The molecule has 0 atom stereocenters. The first-order valence-corrected chi connectivity index (χ1v) is 12.4. The van der Waals surface area contributed by atoms with Crippen LogP contribution in [0.25, 0.3) is 0 Å². The van der Waals surface area contributed by atoms with Crippen molar-refractivity contribution in [3.05, 3.63) is 95.1 Å². The van der Waals surface area contributed by atoms with Gasteiger partial charge in [0, 0.05) is 5.56 Å². The van der Waals surface area contributed by atoms with Crippen molar-refractivity contribution in [2.75, 3.05) is 19.5 Å². The molecule has 0 amide bonds. The van der Waals surface area contributed by atoms with E-state index in [0.29, 0.717) is 32.2 Å². The highest BCUT2D eigenvalue weighted by Crippen LogP contribution is 2.24. The third kappa shape index (κ3) is 7.30. The Bertz CT molecular complexity index is 1120. The molecule has 1 aliphatic rings. The average molecular weight is 471 g/mol. The number of benzene rings is 3. The van der Waals surface area contributed by atoms with E-state index < -0.39 is 10.1 Å². The number of hydrogen-bond donors (Lipinski definition) is 0. The highest BCUT2D eigenvalue weighted by molar-refractivity contribution is 7.85. The quantitative estimate of drug-likeness (QED) is 0.407. The van der Waals surface area contributed by atoms with Gasteiger partial charge in [-0.3, -0.25) is 4.18 Å². The third-order valence-corrected chi connectivity index (χ3v) is 5.52. The van der Waals surface area contributed by atoms with Crippen LogP contribution in [0.5, 0.6) is 11.5 Å². The summed E-state index contributed by atoms with van der Waals surface area (Å²) < 4.78 is 49.6. The molecular weight excluding hydrogens is 444 g/mol. The summed E-state index contributed by atoms with van der Waals surface area (Å²) in [5.74, 6) is 1.47. The number of hydrogen-bond acceptors (Lipinski definition) is 7. The summed E-state index contributed by atoms with van der Waals surface area (Å²) in [6, 6.07) is 22.9. The van der Waals surface area contributed by atoms with Gasteiger partial charge in [-0.1, -0.05) is 48.5 Å². The first-order valence-electron chi connectivity index (χ1n) is 10.5. The second kappa shape index (κ2) is 10.8. The molecule has 0 unspecified atom stereocenters. The molecule has 0 N–H and O–H groups in total. The smallest absolute Gasteiger partial charge is 0.264 e. The van der Waals surface area contributed by atoms with Crippen molar-refractivity contribution in [3.8, 4) is 11.5 Å². The average Bonchev–Trinajstić information content (AvgIpc) is 3.36. The van der Waals surface area contributed by atoms with Crippen LogP contribution < -0.4 is 9.47 Å². The Kier molecular flexibility index (Phi) is 7.61. The zero-order valence-electron chi connectivity index (χ0n) is 18.3. The molecule has 174 valence electrons. The second-order valence-corrected chi connectivity index (χ2v) is 9.29. The van der Waals surface area contributed by atoms with Crippen molar-refractivity contribution in [2.24, 2.45) is 0 Å². The van der Waals surface area contributed by atoms with E-state index in [1.165, 1.54) is 0 Å². The van der Waals surface area contributed by atoms with Crippen LogP contribution in [0.3, 0.4) is 0 Å². The van der Waals surface area contributed by atoms with Crippen LogP contribution in [0.4, 0.5) is 0 Å². The van der Waals surface area contributed by atoms with E-state index in [-0.39, 0.29) is 12.9 Å². The minimum absolute atomic E-state index is 0.00801. The van der Waals surface area contributed by atoms with Crippen LogP contribution in [0, 0.1) is 0 Å². The summed E-state index contributed by atoms with van der Waals surface area (Å²) in [7, 11) is -3.46. The molecule has 1 saturated heterocycles. The van der Waals surface area contributed by atoms with Gasteiger partial charge < -0.3 is 18.9 Å². The van der Waals surface area contributed by atoms with E-state index in [0.717, 1.165) is 34.3 Å². The third-order valence-electron chi connectivity index (χ3n) is 4.97. The predicted molar refractivity (Wildman–Crippen MR) is 122 cm³/mol. The summed E-state index contributed by atoms with van der Waals surface area (Å²) in [6.07, 6.45) is 0.766. The van der Waals surface area contributed by atoms with Crippen LogP contribution in [-0.2, 0) is 43.6 Å². The van der Waals surface area contributed by atoms with E-state index in [2.05, 4.69) is 0 Å². The predicted octanol–water partition coefficient (Wildman–Crippen LogP) is 4.37. The SMILES string of the molecule is CS(=O)(=O)OCc1ccc(OCc2ccc(OCc3ccc(C4OCCO4)cc3)cc2)cc1. The van der Waals surface area contributed by atoms with Gasteiger partial charge in [-0.2, -0.15) is 8.42 Å². The number of ether oxygens (including phenoxy) is 4. The fourth-order valence-electron chi connectivity index (χ4n) is 3.19. The minimum Gasteiger partial charge on any atom is -0.489 e. The largest absolute Gasteiger partial charge is 0.489 e. The van der Waals surface area contributed by atoms with Gasteiger partial charge in [0.15, 0.2) is 6.29 Å². The summed E-state index contributed by atoms with van der Waals surface area (Å²) in [5.41, 5.74) is 3.84. The van der Waals surface area contributed by atoms with Crippen LogP contribution in [0.2, 0.25) is 0 Å². The van der Waals surface area contributed by atoms with Crippen LogP contribution >= 0.6 is 0 Å². The van der Waals surface area contributed by atoms with Crippen molar-refractivity contribution < 1.29 is 31.5 Å². The summed E-state index contributed by atoms with van der Waals surface area (Å²) in [4.78, 5) is 0. The summed E-state index contributed by atoms with van der Waals surface area (Å²) in [6.45, 7) is 2.15. The van der Waals surface area contributed by atoms with E-state index >= 15 is 0 Å². The lowest BCUT2D eigenvalue weighted by Gasteiger charge is -2.11. The molecule has 0 saturated carbocycles. The van der Waals surface area contributed by atoms with Gasteiger partial charge in [-0.05, 0) is 41.0 Å². The normalized spacial score (nSPS) is 14.3. The van der Waals surface area contributed by atoms with Crippen LogP contribution in [0.1, 0.15) is 28.5 Å². The highest BCUT2D eigenvalue weighted by atomic mass is 32.2. The van der Waals surface area contributed by atoms with Gasteiger partial charge in [0.25, 0.3) is 10.1 Å². The van der Waals surface area contributed by atoms with Gasteiger partial charge in [-0.15, -0.1) is 0 Å². The van der Waals surface area contributed by atoms with Crippen LogP contribution in [0.15, 0.2) is 72.8 Å². The van der Waals surface area contributed by atoms with Crippen molar-refractivity contribution in [2.45, 2.75) is 26.1 Å². The molecule has 1 aliphatic heterocycles. The Labute approximate surface area is 193 Å². The number of rotatable bonds is 10. The van der Waals surface area contributed by atoms with Crippen molar-refractivity contribution in [3.63, 3.8) is 0 Å². The van der Waals surface area contributed by atoms with Gasteiger partial charge in [-0.25, -0.2) is 0 Å². The lowest BCUT2D eigenvalue weighted by molar-refractivity contribution is -0.0441. The maximum absolute atomic E-state index is 11.1. The molecule has 0 aliphatic carbocycles. The lowest BCUT2D eigenvalue weighted by atomic mass is 10.1. The molecule has 7 nitrogen and oxygen atoms in total. The van der Waals surface area contributed by atoms with Crippen molar-refractivity contribution in [1.29, 1.82) is 0 Å². The summed E-state index contributed by atoms with van der Waals surface area (Å²) in [5, 5.41) is 0. The summed E-state index contributed by atoms with van der Waals surface area (Å²) >= 11 is 0. The molecule has 33 heavy (non-hydrogen) atoms. The first-order chi connectivity index (χ1) is 15.9. The Morgan fingerprint density at radius 3 is 1.58 bits per heavy atom. The Morgan fingerprint density at radius 2 is 1.12 bits per heavy atom. The maximum Gasteiger partial charge on any atom is 0.264 e. The molecule has 1 heterocycles. The molecule has 3 aromatic carbocycles. The fraction of sp³-hybridized carbons (Fsp3) is 0.280. The molecule has 0 spiro atoms. The second-order valence-electron chi connectivity index (χ2n) is 7.65. The van der Waals surface area contributed by atoms with Crippen molar-refractivity contribution >= 4 is 10.1 Å². The monoisotopic (exact) mass is 470 g/mol. The topological polar surface area (TPSA) is 80.3 Å². The molecule has 8 heteroatoms. The highest BCUT2D eigenvalue weighted by Gasteiger charge is 2.17. The lowest BCUT2D eigenvalue weighted by Crippen LogP contribution is -2.02. The molecule has 3 aromatic rings. The Morgan fingerprint density at radius 1 is 0.697 bits per heavy atom. The van der Waals surface area contributed by atoms with E-state index in [1.54, 1.807) is 24.3 Å². The fourth-order valence-corrected chi connectivity index (χ4v) is 3.54. The van der Waals surface area contributed by atoms with Crippen LogP contribution in [-0.4, -0.2) is 27.9 Å². The first kappa shape index (κ1) is 23.3. The Hall–Kier alpha value is -2.91. The van der Waals surface area contributed by atoms with Gasteiger partial charge in [0.05, 0.1) is 26.1 Å². The van der Waals surface area contributed by atoms with E-state index in [9.17, 15) is 8.42 Å². The molecular formula is C25H26O7S. The minimum atomic E-state index is -3.46. The Balaban J connectivity index is 1.22. The van der Waals surface area contributed by atoms with E-state index in [1.807, 2.05) is 48.5 Å². The zero-order chi connectivity index (χ0) is 23.1. The van der Waals surface area contributed by atoms with Gasteiger partial charge in [0.1, 0.15) is 24.7 Å². The molecule has 1 fully saturated rings. The molecule has 4 rings (SSSR count). The van der Waals surface area contributed by atoms with Crippen molar-refractivity contribution in [1.82, 2.24) is 0 Å². The molecule has 0 bridgehead atoms. The zero-order valence-corrected chi connectivity index (χ0v) is 19.1. The maximum atomic E-state index is 11.1. The van der Waals surface area contributed by atoms with Gasteiger partial charge >= 0.3 is 0 Å². The van der Waals surface area contributed by atoms with E-state index in [4.69, 9.17) is 23.1 Å². The van der Waals surface area contributed by atoms with Gasteiger partial charge in [0.2, 0.25) is 0 Å².